The van der Waals surface area contributed by atoms with Gasteiger partial charge < -0.3 is 15.4 Å². The lowest BCUT2D eigenvalue weighted by Gasteiger charge is -2.27. The van der Waals surface area contributed by atoms with Gasteiger partial charge in [-0.1, -0.05) is 27.7 Å². The van der Waals surface area contributed by atoms with E-state index in [1.807, 2.05) is 18.7 Å². The van der Waals surface area contributed by atoms with Crippen LogP contribution in [0.3, 0.4) is 0 Å². The van der Waals surface area contributed by atoms with Crippen molar-refractivity contribution in [2.45, 2.75) is 34.2 Å². The number of hydrogen-bond donors (Lipinski definition) is 2. The van der Waals surface area contributed by atoms with Gasteiger partial charge in [-0.3, -0.25) is 14.3 Å². The Morgan fingerprint density at radius 2 is 1.86 bits per heavy atom. The number of nitrogens with zero attached hydrogens (tertiary/aromatic N) is 2. The molecule has 0 aliphatic heterocycles. The van der Waals surface area contributed by atoms with Gasteiger partial charge in [0.15, 0.2) is 0 Å². The summed E-state index contributed by atoms with van der Waals surface area (Å²) in [4.78, 5) is 28.5. The summed E-state index contributed by atoms with van der Waals surface area (Å²) in [5.41, 5.74) is 5.59. The van der Waals surface area contributed by atoms with Gasteiger partial charge in [0.25, 0.3) is 5.56 Å². The molecule has 1 rings (SSSR count). The van der Waals surface area contributed by atoms with Gasteiger partial charge in [-0.15, -0.1) is 0 Å². The van der Waals surface area contributed by atoms with Crippen molar-refractivity contribution in [3.05, 3.63) is 20.8 Å². The fourth-order valence-electron chi connectivity index (χ4n) is 2.37. The quantitative estimate of drug-likeness (QED) is 0.743. The van der Waals surface area contributed by atoms with Crippen molar-refractivity contribution in [2.24, 2.45) is 11.8 Å². The lowest BCUT2D eigenvalue weighted by atomic mass is 10.2. The van der Waals surface area contributed by atoms with Gasteiger partial charge >= 0.3 is 5.69 Å². The summed E-state index contributed by atoms with van der Waals surface area (Å²) < 4.78 is 6.54. The fourth-order valence-corrected chi connectivity index (χ4v) is 2.37. The van der Waals surface area contributed by atoms with Crippen LogP contribution in [0.4, 0.5) is 11.5 Å². The van der Waals surface area contributed by atoms with E-state index in [9.17, 15) is 9.59 Å². The third-order valence-electron chi connectivity index (χ3n) is 3.23. The van der Waals surface area contributed by atoms with Gasteiger partial charge in [0.2, 0.25) is 0 Å². The number of hydrogen-bond acceptors (Lipinski definition) is 5. The number of aromatic nitrogens is 2. The molecule has 0 aromatic carbocycles. The van der Waals surface area contributed by atoms with E-state index in [2.05, 4.69) is 18.8 Å². The molecule has 0 unspecified atom stereocenters. The summed E-state index contributed by atoms with van der Waals surface area (Å²) in [6, 6.07) is 0. The third kappa shape index (κ3) is 4.62. The molecule has 0 saturated heterocycles. The van der Waals surface area contributed by atoms with Crippen LogP contribution in [0.1, 0.15) is 27.7 Å². The molecule has 126 valence electrons. The number of ether oxygens (including phenoxy) is 1. The Balaban J connectivity index is 3.34. The first kappa shape index (κ1) is 18.3. The standard InChI is InChI=1S/C15H28N4O3/c1-10(2)8-18(6-7-22-5)12-13(16)19(9-11(3)4)15(21)17-14(12)20/h10-11H,6-9,16H2,1-5H3,(H,17,20,21). The van der Waals surface area contributed by atoms with Gasteiger partial charge in [-0.05, 0) is 11.8 Å². The number of H-pyrrole nitrogens is 1. The summed E-state index contributed by atoms with van der Waals surface area (Å²) in [6.45, 7) is 10.3. The summed E-state index contributed by atoms with van der Waals surface area (Å²) >= 11 is 0. The summed E-state index contributed by atoms with van der Waals surface area (Å²) in [5.74, 6) is 0.816. The average molecular weight is 312 g/mol. The molecule has 1 aromatic rings. The van der Waals surface area contributed by atoms with E-state index in [0.29, 0.717) is 37.8 Å². The maximum Gasteiger partial charge on any atom is 0.330 e. The normalized spacial score (nSPS) is 11.4. The zero-order valence-electron chi connectivity index (χ0n) is 14.2. The van der Waals surface area contributed by atoms with Crippen LogP contribution in [0.25, 0.3) is 0 Å². The van der Waals surface area contributed by atoms with Crippen molar-refractivity contribution in [3.8, 4) is 0 Å². The molecule has 0 saturated carbocycles. The van der Waals surface area contributed by atoms with E-state index < -0.39 is 11.2 Å². The first-order chi connectivity index (χ1) is 10.3. The van der Waals surface area contributed by atoms with E-state index >= 15 is 0 Å². The highest BCUT2D eigenvalue weighted by Gasteiger charge is 2.19. The number of nitrogens with two attached hydrogens (primary N) is 1. The summed E-state index contributed by atoms with van der Waals surface area (Å²) in [6.07, 6.45) is 0. The molecule has 0 bridgehead atoms. The predicted octanol–water partition coefficient (Wildman–Crippen LogP) is 0.884. The van der Waals surface area contributed by atoms with Crippen LogP contribution in [-0.4, -0.2) is 36.4 Å². The SMILES string of the molecule is COCCN(CC(C)C)c1c(N)n(CC(C)C)c(=O)[nH]c1=O. The second-order valence-corrected chi connectivity index (χ2v) is 6.33. The number of anilines is 2. The first-order valence-corrected chi connectivity index (χ1v) is 7.64. The van der Waals surface area contributed by atoms with E-state index in [4.69, 9.17) is 10.5 Å². The zero-order valence-corrected chi connectivity index (χ0v) is 14.2. The van der Waals surface area contributed by atoms with Gasteiger partial charge in [0, 0.05) is 26.7 Å². The Bertz CT molecular complexity index is 589. The second-order valence-electron chi connectivity index (χ2n) is 6.33. The Kier molecular flexibility index (Phi) is 6.67. The Morgan fingerprint density at radius 1 is 1.23 bits per heavy atom. The molecular weight excluding hydrogens is 284 g/mol. The van der Waals surface area contributed by atoms with Crippen LogP contribution in [0, 0.1) is 11.8 Å². The molecule has 7 heteroatoms. The van der Waals surface area contributed by atoms with Crippen LogP contribution >= 0.6 is 0 Å². The molecule has 0 aliphatic rings. The van der Waals surface area contributed by atoms with Gasteiger partial charge in [-0.2, -0.15) is 0 Å². The predicted molar refractivity (Wildman–Crippen MR) is 89.5 cm³/mol. The van der Waals surface area contributed by atoms with Crippen LogP contribution in [0.2, 0.25) is 0 Å². The lowest BCUT2D eigenvalue weighted by Crippen LogP contribution is -2.41. The highest BCUT2D eigenvalue weighted by molar-refractivity contribution is 5.62. The molecule has 1 heterocycles. The van der Waals surface area contributed by atoms with Gasteiger partial charge in [0.05, 0.1) is 6.61 Å². The Morgan fingerprint density at radius 3 is 2.36 bits per heavy atom. The van der Waals surface area contributed by atoms with E-state index in [1.165, 1.54) is 4.57 Å². The minimum Gasteiger partial charge on any atom is -0.383 e. The number of rotatable bonds is 8. The van der Waals surface area contributed by atoms with Crippen LogP contribution in [0.15, 0.2) is 9.59 Å². The van der Waals surface area contributed by atoms with Crippen molar-refractivity contribution in [3.63, 3.8) is 0 Å². The van der Waals surface area contributed by atoms with E-state index in [1.54, 1.807) is 7.11 Å². The number of nitrogens with one attached hydrogen (secondary N) is 1. The van der Waals surface area contributed by atoms with Crippen molar-refractivity contribution < 1.29 is 4.74 Å². The average Bonchev–Trinajstić information content (AvgIpc) is 2.39. The first-order valence-electron chi connectivity index (χ1n) is 7.64. The minimum absolute atomic E-state index is 0.221. The molecule has 0 spiro atoms. The summed E-state index contributed by atoms with van der Waals surface area (Å²) in [7, 11) is 1.61. The van der Waals surface area contributed by atoms with Crippen molar-refractivity contribution >= 4 is 11.5 Å². The highest BCUT2D eigenvalue weighted by Crippen LogP contribution is 2.18. The Hall–Kier alpha value is -1.76. The monoisotopic (exact) mass is 312 g/mol. The molecule has 22 heavy (non-hydrogen) atoms. The van der Waals surface area contributed by atoms with Crippen molar-refractivity contribution in [2.75, 3.05) is 37.4 Å². The fraction of sp³-hybridized carbons (Fsp3) is 0.733. The molecule has 0 atom stereocenters. The number of nitrogen functional groups attached to an aromatic ring is 1. The minimum atomic E-state index is -0.462. The molecule has 0 amide bonds. The largest absolute Gasteiger partial charge is 0.383 e. The number of methoxy groups -OCH3 is 1. The van der Waals surface area contributed by atoms with Crippen molar-refractivity contribution in [1.82, 2.24) is 9.55 Å². The van der Waals surface area contributed by atoms with Crippen LogP contribution in [0.5, 0.6) is 0 Å². The van der Waals surface area contributed by atoms with Crippen LogP contribution < -0.4 is 21.9 Å². The van der Waals surface area contributed by atoms with Gasteiger partial charge in [0.1, 0.15) is 11.5 Å². The van der Waals surface area contributed by atoms with Crippen LogP contribution in [-0.2, 0) is 11.3 Å². The topological polar surface area (TPSA) is 93.3 Å². The molecule has 1 aromatic heterocycles. The lowest BCUT2D eigenvalue weighted by molar-refractivity contribution is 0.204. The third-order valence-corrected chi connectivity index (χ3v) is 3.23. The zero-order chi connectivity index (χ0) is 16.9. The molecule has 0 radical (unpaired) electrons. The van der Waals surface area contributed by atoms with E-state index in [-0.39, 0.29) is 11.7 Å². The highest BCUT2D eigenvalue weighted by atomic mass is 16.5. The smallest absolute Gasteiger partial charge is 0.330 e. The maximum atomic E-state index is 12.3. The second kappa shape index (κ2) is 8.03. The number of aromatic amines is 1. The van der Waals surface area contributed by atoms with Gasteiger partial charge in [-0.25, -0.2) is 4.79 Å². The maximum absolute atomic E-state index is 12.3. The summed E-state index contributed by atoms with van der Waals surface area (Å²) in [5, 5.41) is 0. The molecule has 3 N–H and O–H groups in total. The molecule has 7 nitrogen and oxygen atoms in total. The van der Waals surface area contributed by atoms with E-state index in [0.717, 1.165) is 0 Å². The molecular formula is C15H28N4O3. The van der Waals surface area contributed by atoms with Crippen molar-refractivity contribution in [1.29, 1.82) is 0 Å². The molecule has 0 aliphatic carbocycles. The molecule has 0 fully saturated rings. The Labute approximate surface area is 131 Å².